The molecule has 1 nitrogen and oxygen atoms in total. The average Bonchev–Trinajstić information content (AvgIpc) is 2.91. The maximum atomic E-state index is 6.03. The SMILES string of the molecule is ClCCN(Cc1csc2ccccc12)C1CCCCC1. The number of alkyl halides is 1. The summed E-state index contributed by atoms with van der Waals surface area (Å²) in [7, 11) is 0. The third-order valence-electron chi connectivity index (χ3n) is 4.40. The molecule has 3 heteroatoms. The Kier molecular flexibility index (Phi) is 4.98. The fraction of sp³-hybridized carbons (Fsp3) is 0.529. The first-order valence-electron chi connectivity index (χ1n) is 7.63. The van der Waals surface area contributed by atoms with Gasteiger partial charge >= 0.3 is 0 Å². The number of benzene rings is 1. The lowest BCUT2D eigenvalue weighted by Gasteiger charge is -2.33. The van der Waals surface area contributed by atoms with Crippen molar-refractivity contribution in [2.75, 3.05) is 12.4 Å². The smallest absolute Gasteiger partial charge is 0.0351 e. The highest BCUT2D eigenvalue weighted by molar-refractivity contribution is 7.17. The van der Waals surface area contributed by atoms with Crippen LogP contribution in [-0.4, -0.2) is 23.4 Å². The van der Waals surface area contributed by atoms with E-state index in [1.54, 1.807) is 0 Å². The standard InChI is InChI=1S/C17H22ClNS/c18-10-11-19(15-6-2-1-3-7-15)12-14-13-20-17-9-5-4-8-16(14)17/h4-5,8-9,13,15H,1-3,6-7,10-12H2. The highest BCUT2D eigenvalue weighted by Crippen LogP contribution is 2.29. The molecule has 1 fully saturated rings. The predicted octanol–water partition coefficient (Wildman–Crippen LogP) is 5.27. The Labute approximate surface area is 130 Å². The molecular formula is C17H22ClNS. The van der Waals surface area contributed by atoms with Gasteiger partial charge in [0.05, 0.1) is 0 Å². The monoisotopic (exact) mass is 307 g/mol. The molecule has 0 N–H and O–H groups in total. The maximum absolute atomic E-state index is 6.03. The number of rotatable bonds is 5. The van der Waals surface area contributed by atoms with E-state index < -0.39 is 0 Å². The van der Waals surface area contributed by atoms with Crippen LogP contribution in [-0.2, 0) is 6.54 Å². The average molecular weight is 308 g/mol. The van der Waals surface area contributed by atoms with Crippen LogP contribution < -0.4 is 0 Å². The molecule has 0 atom stereocenters. The largest absolute Gasteiger partial charge is 0.295 e. The molecular weight excluding hydrogens is 286 g/mol. The van der Waals surface area contributed by atoms with Crippen molar-refractivity contribution >= 4 is 33.0 Å². The van der Waals surface area contributed by atoms with Crippen molar-refractivity contribution in [3.63, 3.8) is 0 Å². The number of halogens is 1. The van der Waals surface area contributed by atoms with Crippen LogP contribution in [0.25, 0.3) is 10.1 Å². The topological polar surface area (TPSA) is 3.24 Å². The summed E-state index contributed by atoms with van der Waals surface area (Å²) in [5.74, 6) is 0.735. The second kappa shape index (κ2) is 6.93. The molecule has 20 heavy (non-hydrogen) atoms. The van der Waals surface area contributed by atoms with Crippen molar-refractivity contribution in [1.82, 2.24) is 4.90 Å². The van der Waals surface area contributed by atoms with Gasteiger partial charge in [0.2, 0.25) is 0 Å². The lowest BCUT2D eigenvalue weighted by molar-refractivity contribution is 0.157. The highest BCUT2D eigenvalue weighted by atomic mass is 35.5. The van der Waals surface area contributed by atoms with E-state index in [9.17, 15) is 0 Å². The van der Waals surface area contributed by atoms with Crippen LogP contribution in [0.1, 0.15) is 37.7 Å². The van der Waals surface area contributed by atoms with E-state index >= 15 is 0 Å². The fourth-order valence-corrected chi connectivity index (χ4v) is 4.49. The van der Waals surface area contributed by atoms with Gasteiger partial charge in [-0.05, 0) is 35.2 Å². The molecule has 1 aliphatic carbocycles. The van der Waals surface area contributed by atoms with Gasteiger partial charge in [0.1, 0.15) is 0 Å². The van der Waals surface area contributed by atoms with E-state index in [0.29, 0.717) is 0 Å². The summed E-state index contributed by atoms with van der Waals surface area (Å²) in [5.41, 5.74) is 1.47. The van der Waals surface area contributed by atoms with Crippen molar-refractivity contribution in [3.05, 3.63) is 35.2 Å². The second-order valence-electron chi connectivity index (χ2n) is 5.71. The van der Waals surface area contributed by atoms with Gasteiger partial charge in [0, 0.05) is 29.7 Å². The van der Waals surface area contributed by atoms with Crippen molar-refractivity contribution < 1.29 is 0 Å². The molecule has 0 radical (unpaired) electrons. The van der Waals surface area contributed by atoms with Crippen LogP contribution >= 0.6 is 22.9 Å². The Morgan fingerprint density at radius 3 is 2.75 bits per heavy atom. The molecule has 1 aromatic carbocycles. The number of thiophene rings is 1. The normalized spacial score (nSPS) is 17.1. The number of nitrogens with zero attached hydrogens (tertiary/aromatic N) is 1. The van der Waals surface area contributed by atoms with E-state index in [1.807, 2.05) is 11.3 Å². The molecule has 1 aliphatic rings. The second-order valence-corrected chi connectivity index (χ2v) is 7.00. The Hall–Kier alpha value is -0.570. The zero-order valence-electron chi connectivity index (χ0n) is 11.9. The molecule has 3 rings (SSSR count). The minimum atomic E-state index is 0.735. The first-order chi connectivity index (χ1) is 9.88. The van der Waals surface area contributed by atoms with Gasteiger partial charge in [-0.2, -0.15) is 0 Å². The van der Waals surface area contributed by atoms with Crippen molar-refractivity contribution in [2.24, 2.45) is 0 Å². The summed E-state index contributed by atoms with van der Waals surface area (Å²) < 4.78 is 1.40. The molecule has 2 aromatic rings. The van der Waals surface area contributed by atoms with Gasteiger partial charge in [-0.25, -0.2) is 0 Å². The van der Waals surface area contributed by atoms with Crippen LogP contribution in [0.3, 0.4) is 0 Å². The lowest BCUT2D eigenvalue weighted by Crippen LogP contribution is -2.37. The van der Waals surface area contributed by atoms with E-state index in [4.69, 9.17) is 11.6 Å². The molecule has 0 unspecified atom stereocenters. The van der Waals surface area contributed by atoms with Crippen LogP contribution in [0.4, 0.5) is 0 Å². The number of fused-ring (bicyclic) bond motifs is 1. The van der Waals surface area contributed by atoms with Crippen molar-refractivity contribution in [3.8, 4) is 0 Å². The van der Waals surface area contributed by atoms with Gasteiger partial charge in [0.25, 0.3) is 0 Å². The summed E-state index contributed by atoms with van der Waals surface area (Å²) in [6.07, 6.45) is 6.87. The summed E-state index contributed by atoms with van der Waals surface area (Å²) >= 11 is 7.90. The third kappa shape index (κ3) is 3.19. The van der Waals surface area contributed by atoms with Crippen LogP contribution in [0, 0.1) is 0 Å². The minimum Gasteiger partial charge on any atom is -0.295 e. The van der Waals surface area contributed by atoms with Gasteiger partial charge < -0.3 is 0 Å². The molecule has 1 saturated carbocycles. The van der Waals surface area contributed by atoms with E-state index in [-0.39, 0.29) is 0 Å². The molecule has 0 aliphatic heterocycles. The van der Waals surface area contributed by atoms with Gasteiger partial charge in [0.15, 0.2) is 0 Å². The molecule has 1 heterocycles. The van der Waals surface area contributed by atoms with Crippen LogP contribution in [0.15, 0.2) is 29.6 Å². The molecule has 0 saturated heterocycles. The van der Waals surface area contributed by atoms with Gasteiger partial charge in [-0.1, -0.05) is 37.5 Å². The summed E-state index contributed by atoms with van der Waals surface area (Å²) in [5, 5.41) is 3.75. The van der Waals surface area contributed by atoms with Gasteiger partial charge in [-0.3, -0.25) is 4.90 Å². The first-order valence-corrected chi connectivity index (χ1v) is 9.05. The van der Waals surface area contributed by atoms with Gasteiger partial charge in [-0.15, -0.1) is 22.9 Å². The zero-order valence-corrected chi connectivity index (χ0v) is 13.4. The van der Waals surface area contributed by atoms with Crippen molar-refractivity contribution in [2.45, 2.75) is 44.7 Å². The third-order valence-corrected chi connectivity index (χ3v) is 5.58. The quantitative estimate of drug-likeness (QED) is 0.680. The highest BCUT2D eigenvalue weighted by Gasteiger charge is 2.21. The minimum absolute atomic E-state index is 0.735. The zero-order chi connectivity index (χ0) is 13.8. The Morgan fingerprint density at radius 2 is 1.95 bits per heavy atom. The predicted molar refractivity (Wildman–Crippen MR) is 89.8 cm³/mol. The van der Waals surface area contributed by atoms with Crippen LogP contribution in [0.5, 0.6) is 0 Å². The summed E-state index contributed by atoms with van der Waals surface area (Å²) in [6, 6.07) is 9.48. The molecule has 1 aromatic heterocycles. The maximum Gasteiger partial charge on any atom is 0.0351 e. The Morgan fingerprint density at radius 1 is 1.15 bits per heavy atom. The lowest BCUT2D eigenvalue weighted by atomic mass is 9.94. The van der Waals surface area contributed by atoms with E-state index in [0.717, 1.165) is 25.0 Å². The number of hydrogen-bond acceptors (Lipinski definition) is 2. The molecule has 108 valence electrons. The van der Waals surface area contributed by atoms with Crippen LogP contribution in [0.2, 0.25) is 0 Å². The first kappa shape index (κ1) is 14.4. The molecule has 0 spiro atoms. The summed E-state index contributed by atoms with van der Waals surface area (Å²) in [6.45, 7) is 2.07. The molecule has 0 bridgehead atoms. The Bertz CT molecular complexity index is 545. The molecule has 0 amide bonds. The number of hydrogen-bond donors (Lipinski definition) is 0. The van der Waals surface area contributed by atoms with E-state index in [1.165, 1.54) is 47.8 Å². The fourth-order valence-electron chi connectivity index (χ4n) is 3.32. The summed E-state index contributed by atoms with van der Waals surface area (Å²) in [4.78, 5) is 2.61. The Balaban J connectivity index is 1.78. The van der Waals surface area contributed by atoms with E-state index in [2.05, 4.69) is 34.5 Å². The van der Waals surface area contributed by atoms with Crippen molar-refractivity contribution in [1.29, 1.82) is 0 Å².